The Hall–Kier alpha value is -2.67. The van der Waals surface area contributed by atoms with E-state index in [2.05, 4.69) is 15.2 Å². The zero-order valence-corrected chi connectivity index (χ0v) is 14.4. The SMILES string of the molecule is O=C(O)c1cccc(NC2CCN(CCOc3ccc(F)cc3)CC2)n1. The van der Waals surface area contributed by atoms with Gasteiger partial charge in [0.25, 0.3) is 0 Å². The van der Waals surface area contributed by atoms with E-state index in [9.17, 15) is 9.18 Å². The molecule has 0 unspecified atom stereocenters. The zero-order valence-electron chi connectivity index (χ0n) is 14.4. The number of rotatable bonds is 7. The minimum atomic E-state index is -1.02. The number of nitrogens with zero attached hydrogens (tertiary/aromatic N) is 2. The van der Waals surface area contributed by atoms with E-state index in [1.54, 1.807) is 24.3 Å². The Morgan fingerprint density at radius 1 is 1.23 bits per heavy atom. The van der Waals surface area contributed by atoms with Gasteiger partial charge < -0.3 is 15.2 Å². The second-order valence-electron chi connectivity index (χ2n) is 6.28. The molecule has 2 N–H and O–H groups in total. The minimum Gasteiger partial charge on any atom is -0.492 e. The van der Waals surface area contributed by atoms with E-state index >= 15 is 0 Å². The lowest BCUT2D eigenvalue weighted by molar-refractivity contribution is 0.0690. The summed E-state index contributed by atoms with van der Waals surface area (Å²) in [5, 5.41) is 12.3. The lowest BCUT2D eigenvalue weighted by atomic mass is 10.1. The quantitative estimate of drug-likeness (QED) is 0.792. The predicted octanol–water partition coefficient (Wildman–Crippen LogP) is 2.87. The maximum absolute atomic E-state index is 12.9. The van der Waals surface area contributed by atoms with Gasteiger partial charge >= 0.3 is 5.97 Å². The van der Waals surface area contributed by atoms with Crippen molar-refractivity contribution in [3.8, 4) is 5.75 Å². The molecule has 0 amide bonds. The minimum absolute atomic E-state index is 0.0466. The van der Waals surface area contributed by atoms with Crippen LogP contribution in [-0.2, 0) is 0 Å². The summed E-state index contributed by atoms with van der Waals surface area (Å²) in [4.78, 5) is 17.4. The van der Waals surface area contributed by atoms with Crippen LogP contribution >= 0.6 is 0 Å². The number of nitrogens with one attached hydrogen (secondary N) is 1. The average Bonchev–Trinajstić information content (AvgIpc) is 2.65. The van der Waals surface area contributed by atoms with E-state index in [0.717, 1.165) is 32.5 Å². The molecule has 2 heterocycles. The molecule has 1 aromatic heterocycles. The first kappa shape index (κ1) is 18.1. The number of carbonyl (C=O) groups is 1. The molecule has 7 heteroatoms. The third kappa shape index (κ3) is 5.16. The van der Waals surface area contributed by atoms with Crippen molar-refractivity contribution in [3.63, 3.8) is 0 Å². The summed E-state index contributed by atoms with van der Waals surface area (Å²) in [6, 6.07) is 11.3. The van der Waals surface area contributed by atoms with Crippen LogP contribution in [0.5, 0.6) is 5.75 Å². The van der Waals surface area contributed by atoms with Crippen LogP contribution < -0.4 is 10.1 Å². The Bertz CT molecular complexity index is 731. The Kier molecular flexibility index (Phi) is 6.01. The Morgan fingerprint density at radius 3 is 2.65 bits per heavy atom. The molecule has 3 rings (SSSR count). The summed E-state index contributed by atoms with van der Waals surface area (Å²) in [5.74, 6) is -0.0183. The van der Waals surface area contributed by atoms with Crippen molar-refractivity contribution in [1.82, 2.24) is 9.88 Å². The number of halogens is 1. The Balaban J connectivity index is 1.39. The van der Waals surface area contributed by atoms with Gasteiger partial charge in [0, 0.05) is 25.7 Å². The first-order valence-electron chi connectivity index (χ1n) is 8.68. The molecular weight excluding hydrogens is 337 g/mol. The molecule has 0 saturated carbocycles. The number of aromatic nitrogens is 1. The van der Waals surface area contributed by atoms with E-state index in [1.165, 1.54) is 18.2 Å². The summed E-state index contributed by atoms with van der Waals surface area (Å²) in [5.41, 5.74) is 0.0466. The molecule has 1 saturated heterocycles. The molecule has 1 fully saturated rings. The van der Waals surface area contributed by atoms with Crippen LogP contribution in [-0.4, -0.2) is 53.2 Å². The molecule has 0 bridgehead atoms. The monoisotopic (exact) mass is 359 g/mol. The fourth-order valence-corrected chi connectivity index (χ4v) is 2.97. The number of hydrogen-bond donors (Lipinski definition) is 2. The molecule has 1 aliphatic rings. The van der Waals surface area contributed by atoms with Crippen LogP contribution in [0, 0.1) is 5.82 Å². The molecule has 0 spiro atoms. The fourth-order valence-electron chi connectivity index (χ4n) is 2.97. The van der Waals surface area contributed by atoms with Gasteiger partial charge in [0.15, 0.2) is 5.69 Å². The van der Waals surface area contributed by atoms with Crippen molar-refractivity contribution in [2.45, 2.75) is 18.9 Å². The van der Waals surface area contributed by atoms with E-state index in [-0.39, 0.29) is 17.6 Å². The molecule has 0 aliphatic carbocycles. The molecule has 26 heavy (non-hydrogen) atoms. The van der Waals surface area contributed by atoms with Crippen molar-refractivity contribution < 1.29 is 19.0 Å². The summed E-state index contributed by atoms with van der Waals surface area (Å²) in [7, 11) is 0. The molecule has 6 nitrogen and oxygen atoms in total. The number of likely N-dealkylation sites (tertiary alicyclic amines) is 1. The summed E-state index contributed by atoms with van der Waals surface area (Å²) in [6.07, 6.45) is 1.91. The standard InChI is InChI=1S/C19H22FN3O3/c20-14-4-6-16(7-5-14)26-13-12-23-10-8-15(9-11-23)21-18-3-1-2-17(22-18)19(24)25/h1-7,15H,8-13H2,(H,21,22)(H,24,25). The second kappa shape index (κ2) is 8.62. The molecule has 138 valence electrons. The summed E-state index contributed by atoms with van der Waals surface area (Å²) in [6.45, 7) is 3.24. The largest absolute Gasteiger partial charge is 0.492 e. The van der Waals surface area contributed by atoms with Crippen LogP contribution in [0.3, 0.4) is 0 Å². The van der Waals surface area contributed by atoms with Crippen molar-refractivity contribution in [1.29, 1.82) is 0 Å². The first-order chi connectivity index (χ1) is 12.6. The van der Waals surface area contributed by atoms with Gasteiger partial charge in [0.2, 0.25) is 0 Å². The van der Waals surface area contributed by atoms with E-state index in [0.29, 0.717) is 18.2 Å². The third-order valence-corrected chi connectivity index (χ3v) is 4.40. The normalized spacial score (nSPS) is 15.6. The van der Waals surface area contributed by atoms with Crippen LogP contribution in [0.15, 0.2) is 42.5 Å². The lowest BCUT2D eigenvalue weighted by Gasteiger charge is -2.32. The number of anilines is 1. The third-order valence-electron chi connectivity index (χ3n) is 4.40. The molecule has 1 aromatic carbocycles. The smallest absolute Gasteiger partial charge is 0.354 e. The number of ether oxygens (including phenoxy) is 1. The van der Waals surface area contributed by atoms with Crippen LogP contribution in [0.4, 0.5) is 10.2 Å². The van der Waals surface area contributed by atoms with Crippen molar-refractivity contribution in [2.75, 3.05) is 31.6 Å². The molecule has 2 aromatic rings. The second-order valence-corrected chi connectivity index (χ2v) is 6.28. The lowest BCUT2D eigenvalue weighted by Crippen LogP contribution is -2.41. The number of hydrogen-bond acceptors (Lipinski definition) is 5. The number of piperidine rings is 1. The highest BCUT2D eigenvalue weighted by Crippen LogP contribution is 2.16. The van der Waals surface area contributed by atoms with Gasteiger partial charge in [-0.2, -0.15) is 0 Å². The molecule has 0 radical (unpaired) electrons. The van der Waals surface area contributed by atoms with Crippen molar-refractivity contribution in [2.24, 2.45) is 0 Å². The van der Waals surface area contributed by atoms with Gasteiger partial charge in [-0.05, 0) is 49.2 Å². The van der Waals surface area contributed by atoms with E-state index in [1.807, 2.05) is 0 Å². The van der Waals surface area contributed by atoms with Gasteiger partial charge in [-0.15, -0.1) is 0 Å². The topological polar surface area (TPSA) is 74.7 Å². The number of carboxylic acids is 1. The Morgan fingerprint density at radius 2 is 1.96 bits per heavy atom. The van der Waals surface area contributed by atoms with E-state index < -0.39 is 5.97 Å². The number of benzene rings is 1. The number of aromatic carboxylic acids is 1. The fraction of sp³-hybridized carbons (Fsp3) is 0.368. The van der Waals surface area contributed by atoms with Gasteiger partial charge in [-0.3, -0.25) is 4.90 Å². The zero-order chi connectivity index (χ0) is 18.4. The maximum Gasteiger partial charge on any atom is 0.354 e. The average molecular weight is 359 g/mol. The predicted molar refractivity (Wildman–Crippen MR) is 96.2 cm³/mol. The molecule has 1 aliphatic heterocycles. The maximum atomic E-state index is 12.9. The highest BCUT2D eigenvalue weighted by atomic mass is 19.1. The highest BCUT2D eigenvalue weighted by molar-refractivity contribution is 5.85. The van der Waals surface area contributed by atoms with Gasteiger partial charge in [-0.1, -0.05) is 6.07 Å². The number of carboxylic acid groups (broad SMARTS) is 1. The molecule has 0 atom stereocenters. The summed E-state index contributed by atoms with van der Waals surface area (Å²) < 4.78 is 18.5. The van der Waals surface area contributed by atoms with Crippen molar-refractivity contribution in [3.05, 3.63) is 54.0 Å². The van der Waals surface area contributed by atoms with Gasteiger partial charge in [0.1, 0.15) is 24.0 Å². The number of pyridine rings is 1. The van der Waals surface area contributed by atoms with Crippen LogP contribution in [0.1, 0.15) is 23.3 Å². The highest BCUT2D eigenvalue weighted by Gasteiger charge is 2.19. The van der Waals surface area contributed by atoms with Gasteiger partial charge in [-0.25, -0.2) is 14.2 Å². The van der Waals surface area contributed by atoms with Crippen LogP contribution in [0.25, 0.3) is 0 Å². The van der Waals surface area contributed by atoms with E-state index in [4.69, 9.17) is 9.84 Å². The Labute approximate surface area is 151 Å². The van der Waals surface area contributed by atoms with Crippen LogP contribution in [0.2, 0.25) is 0 Å². The summed E-state index contributed by atoms with van der Waals surface area (Å²) >= 11 is 0. The van der Waals surface area contributed by atoms with Gasteiger partial charge in [0.05, 0.1) is 0 Å². The first-order valence-corrected chi connectivity index (χ1v) is 8.68. The van der Waals surface area contributed by atoms with Crippen molar-refractivity contribution >= 4 is 11.8 Å². The molecular formula is C19H22FN3O3.